The standard InChI is InChI=1S/C38H43F2N3O4/c1-4-11-42(12-5-2)37(46)31-15-25(3)14-29(20-31)35(44)21-30(17-28-18-32(39)22-33(40)19-28)36(45)34-10-7-13-43(38(34)47)24-27-9-6-8-26(16-27)23-41/h6,8-9,14-16,18-20,22,30,34,36,45H,4-5,7,10-13,17,21,24H2,1-3H3/t30?,34?,36-/m1/s1. The molecule has 9 heteroatoms. The molecule has 3 aromatic carbocycles. The zero-order valence-corrected chi connectivity index (χ0v) is 27.3. The van der Waals surface area contributed by atoms with Gasteiger partial charge in [-0.25, -0.2) is 8.78 Å². The van der Waals surface area contributed by atoms with E-state index in [0.29, 0.717) is 49.2 Å². The number of likely N-dealkylation sites (tertiary alicyclic amines) is 1. The summed E-state index contributed by atoms with van der Waals surface area (Å²) in [5.74, 6) is -3.99. The summed E-state index contributed by atoms with van der Waals surface area (Å²) in [4.78, 5) is 44.4. The highest BCUT2D eigenvalue weighted by Gasteiger charge is 2.38. The van der Waals surface area contributed by atoms with Crippen LogP contribution in [0.4, 0.5) is 8.78 Å². The van der Waals surface area contributed by atoms with E-state index in [1.54, 1.807) is 53.1 Å². The first kappa shape index (κ1) is 35.4. The van der Waals surface area contributed by atoms with E-state index in [0.717, 1.165) is 30.0 Å². The number of carbonyl (C=O) groups excluding carboxylic acids is 3. The van der Waals surface area contributed by atoms with Gasteiger partial charge in [-0.15, -0.1) is 0 Å². The predicted octanol–water partition coefficient (Wildman–Crippen LogP) is 6.64. The Morgan fingerprint density at radius 3 is 2.34 bits per heavy atom. The van der Waals surface area contributed by atoms with Gasteiger partial charge in [-0.05, 0) is 104 Å². The molecule has 1 heterocycles. The van der Waals surface area contributed by atoms with E-state index in [2.05, 4.69) is 6.07 Å². The number of aryl methyl sites for hydroxylation is 1. The Hall–Kier alpha value is -4.42. The summed E-state index contributed by atoms with van der Waals surface area (Å²) in [6.07, 6.45) is 1.11. The van der Waals surface area contributed by atoms with Crippen LogP contribution in [0.15, 0.2) is 60.7 Å². The molecule has 248 valence electrons. The first-order chi connectivity index (χ1) is 22.5. The van der Waals surface area contributed by atoms with Crippen LogP contribution in [0, 0.1) is 41.7 Å². The van der Waals surface area contributed by atoms with Crippen molar-refractivity contribution < 1.29 is 28.3 Å². The van der Waals surface area contributed by atoms with Gasteiger partial charge in [0.25, 0.3) is 5.91 Å². The van der Waals surface area contributed by atoms with Gasteiger partial charge in [0.2, 0.25) is 5.91 Å². The highest BCUT2D eigenvalue weighted by Crippen LogP contribution is 2.31. The average molecular weight is 644 g/mol. The fraction of sp³-hybridized carbons (Fsp3) is 0.421. The second kappa shape index (κ2) is 16.4. The molecule has 7 nitrogen and oxygen atoms in total. The van der Waals surface area contributed by atoms with Gasteiger partial charge in [-0.2, -0.15) is 5.26 Å². The van der Waals surface area contributed by atoms with E-state index in [1.807, 2.05) is 19.9 Å². The van der Waals surface area contributed by atoms with Crippen molar-refractivity contribution >= 4 is 17.6 Å². The van der Waals surface area contributed by atoms with Gasteiger partial charge in [-0.1, -0.05) is 26.0 Å². The quantitative estimate of drug-likeness (QED) is 0.199. The smallest absolute Gasteiger partial charge is 0.253 e. The number of nitrogens with zero attached hydrogens (tertiary/aromatic N) is 3. The monoisotopic (exact) mass is 643 g/mol. The number of nitriles is 1. The zero-order valence-electron chi connectivity index (χ0n) is 27.3. The molecule has 1 saturated heterocycles. The minimum absolute atomic E-state index is 0.0338. The molecule has 0 aromatic heterocycles. The lowest BCUT2D eigenvalue weighted by Crippen LogP contribution is -2.47. The molecule has 1 N–H and O–H groups in total. The Morgan fingerprint density at radius 1 is 1.00 bits per heavy atom. The molecule has 0 aliphatic carbocycles. The minimum Gasteiger partial charge on any atom is -0.392 e. The third-order valence-electron chi connectivity index (χ3n) is 8.69. The molecule has 2 unspecified atom stereocenters. The van der Waals surface area contributed by atoms with Crippen LogP contribution >= 0.6 is 0 Å². The summed E-state index contributed by atoms with van der Waals surface area (Å²) in [5, 5.41) is 21.0. The molecule has 1 fully saturated rings. The second-order valence-corrected chi connectivity index (χ2v) is 12.6. The number of hydrogen-bond donors (Lipinski definition) is 1. The molecule has 4 rings (SSSR count). The summed E-state index contributed by atoms with van der Waals surface area (Å²) in [5.41, 5.74) is 2.97. The average Bonchev–Trinajstić information content (AvgIpc) is 3.04. The number of piperidine rings is 1. The molecule has 0 bridgehead atoms. The number of benzene rings is 3. The second-order valence-electron chi connectivity index (χ2n) is 12.6. The minimum atomic E-state index is -1.28. The zero-order chi connectivity index (χ0) is 34.1. The van der Waals surface area contributed by atoms with Crippen LogP contribution in [-0.4, -0.2) is 58.2 Å². The molecule has 0 radical (unpaired) electrons. The Balaban J connectivity index is 1.61. The van der Waals surface area contributed by atoms with Crippen molar-refractivity contribution in [2.75, 3.05) is 19.6 Å². The topological polar surface area (TPSA) is 102 Å². The van der Waals surface area contributed by atoms with Crippen LogP contribution in [0.2, 0.25) is 0 Å². The van der Waals surface area contributed by atoms with Crippen molar-refractivity contribution in [2.45, 2.75) is 71.9 Å². The molecule has 3 aromatic rings. The van der Waals surface area contributed by atoms with Gasteiger partial charge >= 0.3 is 0 Å². The van der Waals surface area contributed by atoms with Gasteiger partial charge in [-0.3, -0.25) is 14.4 Å². The molecular formula is C38H43F2N3O4. The fourth-order valence-electron chi connectivity index (χ4n) is 6.54. The molecule has 3 atom stereocenters. The SMILES string of the molecule is CCCN(CCC)C(=O)c1cc(C)cc(C(=O)CC(Cc2cc(F)cc(F)c2)[C@@H](O)C2CCCN(Cc3cccc(C#N)c3)C2=O)c1. The molecule has 1 aliphatic rings. The third-order valence-corrected chi connectivity index (χ3v) is 8.69. The number of halogens is 2. The van der Waals surface area contributed by atoms with Crippen LogP contribution in [-0.2, 0) is 17.8 Å². The molecule has 2 amide bonds. The molecule has 1 aliphatic heterocycles. The van der Waals surface area contributed by atoms with E-state index in [4.69, 9.17) is 0 Å². The van der Waals surface area contributed by atoms with Crippen molar-refractivity contribution in [3.8, 4) is 6.07 Å². The molecule has 47 heavy (non-hydrogen) atoms. The van der Waals surface area contributed by atoms with Gasteiger partial charge in [0, 0.05) is 49.8 Å². The number of aliphatic hydroxyl groups excluding tert-OH is 1. The van der Waals surface area contributed by atoms with E-state index >= 15 is 0 Å². The molecule has 0 spiro atoms. The van der Waals surface area contributed by atoms with Crippen LogP contribution in [0.3, 0.4) is 0 Å². The number of ketones is 1. The van der Waals surface area contributed by atoms with Crippen LogP contribution in [0.5, 0.6) is 0 Å². The summed E-state index contributed by atoms with van der Waals surface area (Å²) in [6, 6.07) is 17.2. The van der Waals surface area contributed by atoms with Gasteiger partial charge < -0.3 is 14.9 Å². The van der Waals surface area contributed by atoms with Gasteiger partial charge in [0.05, 0.1) is 23.7 Å². The summed E-state index contributed by atoms with van der Waals surface area (Å²) >= 11 is 0. The number of rotatable bonds is 14. The maximum Gasteiger partial charge on any atom is 0.253 e. The van der Waals surface area contributed by atoms with Crippen molar-refractivity contribution in [3.05, 3.63) is 106 Å². The first-order valence-electron chi connectivity index (χ1n) is 16.4. The summed E-state index contributed by atoms with van der Waals surface area (Å²) in [7, 11) is 0. The molecule has 0 saturated carbocycles. The lowest BCUT2D eigenvalue weighted by molar-refractivity contribution is -0.145. The van der Waals surface area contributed by atoms with E-state index in [9.17, 15) is 33.5 Å². The first-order valence-corrected chi connectivity index (χ1v) is 16.4. The van der Waals surface area contributed by atoms with Crippen LogP contribution < -0.4 is 0 Å². The summed E-state index contributed by atoms with van der Waals surface area (Å²) in [6.45, 7) is 7.74. The maximum absolute atomic E-state index is 14.2. The predicted molar refractivity (Wildman–Crippen MR) is 175 cm³/mol. The number of Topliss-reactive ketones (excluding diaryl/α,β-unsaturated/α-hetero) is 1. The fourth-order valence-corrected chi connectivity index (χ4v) is 6.54. The Morgan fingerprint density at radius 2 is 1.68 bits per heavy atom. The highest BCUT2D eigenvalue weighted by atomic mass is 19.1. The largest absolute Gasteiger partial charge is 0.392 e. The van der Waals surface area contributed by atoms with Gasteiger partial charge in [0.15, 0.2) is 5.78 Å². The van der Waals surface area contributed by atoms with Crippen LogP contribution in [0.1, 0.15) is 88.9 Å². The summed E-state index contributed by atoms with van der Waals surface area (Å²) < 4.78 is 28.4. The van der Waals surface area contributed by atoms with Crippen molar-refractivity contribution in [2.24, 2.45) is 11.8 Å². The molecular weight excluding hydrogens is 600 g/mol. The van der Waals surface area contributed by atoms with Crippen molar-refractivity contribution in [1.82, 2.24) is 9.80 Å². The maximum atomic E-state index is 14.2. The third kappa shape index (κ3) is 9.32. The normalized spacial score (nSPS) is 16.0. The van der Waals surface area contributed by atoms with E-state index in [-0.39, 0.29) is 42.5 Å². The number of carbonyl (C=O) groups is 3. The Labute approximate surface area is 275 Å². The Bertz CT molecular complexity index is 1610. The van der Waals surface area contributed by atoms with Crippen LogP contribution in [0.25, 0.3) is 0 Å². The van der Waals surface area contributed by atoms with Crippen molar-refractivity contribution in [3.63, 3.8) is 0 Å². The lowest BCUT2D eigenvalue weighted by Gasteiger charge is -2.37. The number of hydrogen-bond acceptors (Lipinski definition) is 5. The van der Waals surface area contributed by atoms with E-state index < -0.39 is 29.6 Å². The number of amides is 2. The number of aliphatic hydroxyl groups is 1. The van der Waals surface area contributed by atoms with E-state index in [1.165, 1.54) is 12.1 Å². The Kier molecular flexibility index (Phi) is 12.4. The van der Waals surface area contributed by atoms with Crippen molar-refractivity contribution in [1.29, 1.82) is 5.26 Å². The van der Waals surface area contributed by atoms with Gasteiger partial charge in [0.1, 0.15) is 11.6 Å². The highest BCUT2D eigenvalue weighted by molar-refractivity contribution is 6.01. The lowest BCUT2D eigenvalue weighted by atomic mass is 9.79.